The average molecular weight is 342 g/mol. The van der Waals surface area contributed by atoms with Crippen LogP contribution < -0.4 is 0 Å². The Labute approximate surface area is 139 Å². The second-order valence-corrected chi connectivity index (χ2v) is 4.73. The number of amides is 1. The molecule has 0 aliphatic carbocycles. The fraction of sp³-hybridized carbons (Fsp3) is 0.600. The fourth-order valence-electron chi connectivity index (χ4n) is 1.84. The fourth-order valence-corrected chi connectivity index (χ4v) is 1.84. The lowest BCUT2D eigenvalue weighted by molar-refractivity contribution is -0.146. The van der Waals surface area contributed by atoms with Gasteiger partial charge in [-0.1, -0.05) is 0 Å². The number of nitrogens with zero attached hydrogens (tertiary/aromatic N) is 2. The molecule has 0 aromatic carbocycles. The summed E-state index contributed by atoms with van der Waals surface area (Å²) < 4.78 is 19.5. The molecular formula is C15H22N2O7. The molecule has 1 amide bonds. The van der Waals surface area contributed by atoms with Crippen LogP contribution in [-0.2, 0) is 30.3 Å². The summed E-state index contributed by atoms with van der Waals surface area (Å²) in [5.41, 5.74) is 0.0261. The molecule has 0 N–H and O–H groups in total. The number of aromatic nitrogens is 1. The van der Waals surface area contributed by atoms with Crippen molar-refractivity contribution in [1.82, 2.24) is 9.88 Å². The number of carbonyl (C=O) groups is 3. The smallest absolute Gasteiger partial charge is 0.360 e. The molecule has 0 saturated carbocycles. The topological polar surface area (TPSA) is 108 Å². The SMILES string of the molecule is CCOC(=O)CCC(=O)N(CCOC)Cc1nc(C(=O)OC)co1. The summed E-state index contributed by atoms with van der Waals surface area (Å²) in [6, 6.07) is 0. The number of hydrogen-bond acceptors (Lipinski definition) is 8. The first kappa shape index (κ1) is 19.6. The standard InChI is InChI=1S/C15H22N2O7/c1-4-23-14(19)6-5-13(18)17(7-8-21-2)9-12-16-11(10-24-12)15(20)22-3/h10H,4-9H2,1-3H3. The molecule has 1 heterocycles. The summed E-state index contributed by atoms with van der Waals surface area (Å²) in [6.07, 6.45) is 1.17. The summed E-state index contributed by atoms with van der Waals surface area (Å²) in [7, 11) is 2.75. The van der Waals surface area contributed by atoms with Gasteiger partial charge in [-0.05, 0) is 6.92 Å². The Morgan fingerprint density at radius 2 is 2.00 bits per heavy atom. The van der Waals surface area contributed by atoms with Gasteiger partial charge in [0.05, 0.1) is 33.3 Å². The Morgan fingerprint density at radius 1 is 1.25 bits per heavy atom. The van der Waals surface area contributed by atoms with Crippen molar-refractivity contribution in [3.8, 4) is 0 Å². The zero-order valence-electron chi connectivity index (χ0n) is 14.1. The largest absolute Gasteiger partial charge is 0.466 e. The van der Waals surface area contributed by atoms with Crippen molar-refractivity contribution in [3.05, 3.63) is 17.8 Å². The molecule has 0 unspecified atom stereocenters. The van der Waals surface area contributed by atoms with Crippen LogP contribution in [0.5, 0.6) is 0 Å². The van der Waals surface area contributed by atoms with Gasteiger partial charge in [-0.2, -0.15) is 0 Å². The van der Waals surface area contributed by atoms with E-state index in [4.69, 9.17) is 13.9 Å². The molecule has 0 fully saturated rings. The van der Waals surface area contributed by atoms with Gasteiger partial charge >= 0.3 is 11.9 Å². The van der Waals surface area contributed by atoms with Gasteiger partial charge in [0.2, 0.25) is 11.8 Å². The quantitative estimate of drug-likeness (QED) is 0.574. The molecule has 1 aromatic rings. The molecule has 0 saturated heterocycles. The van der Waals surface area contributed by atoms with E-state index in [1.54, 1.807) is 6.92 Å². The van der Waals surface area contributed by atoms with E-state index >= 15 is 0 Å². The van der Waals surface area contributed by atoms with Crippen LogP contribution in [0.15, 0.2) is 10.7 Å². The number of hydrogen-bond donors (Lipinski definition) is 0. The lowest BCUT2D eigenvalue weighted by Gasteiger charge is -2.20. The highest BCUT2D eigenvalue weighted by atomic mass is 16.5. The van der Waals surface area contributed by atoms with E-state index in [0.29, 0.717) is 13.2 Å². The normalized spacial score (nSPS) is 10.3. The summed E-state index contributed by atoms with van der Waals surface area (Å²) in [5.74, 6) is -1.13. The summed E-state index contributed by atoms with van der Waals surface area (Å²) in [6.45, 7) is 2.64. The van der Waals surface area contributed by atoms with E-state index in [2.05, 4.69) is 9.72 Å². The van der Waals surface area contributed by atoms with Gasteiger partial charge in [0.1, 0.15) is 6.26 Å². The second kappa shape index (κ2) is 10.4. The van der Waals surface area contributed by atoms with E-state index < -0.39 is 11.9 Å². The zero-order chi connectivity index (χ0) is 17.9. The minimum absolute atomic E-state index is 0.00481. The van der Waals surface area contributed by atoms with Crippen molar-refractivity contribution < 1.29 is 33.0 Å². The van der Waals surface area contributed by atoms with Gasteiger partial charge in [0, 0.05) is 20.1 Å². The predicted molar refractivity (Wildman–Crippen MR) is 81.0 cm³/mol. The van der Waals surface area contributed by atoms with Gasteiger partial charge in [0.25, 0.3) is 0 Å². The molecule has 0 bridgehead atoms. The highest BCUT2D eigenvalue weighted by Gasteiger charge is 2.19. The minimum Gasteiger partial charge on any atom is -0.466 e. The third-order valence-electron chi connectivity index (χ3n) is 3.04. The van der Waals surface area contributed by atoms with E-state index in [1.807, 2.05) is 0 Å². The number of oxazole rings is 1. The van der Waals surface area contributed by atoms with Gasteiger partial charge in [-0.25, -0.2) is 9.78 Å². The van der Waals surface area contributed by atoms with E-state index in [0.717, 1.165) is 0 Å². The van der Waals surface area contributed by atoms with E-state index in [9.17, 15) is 14.4 Å². The third-order valence-corrected chi connectivity index (χ3v) is 3.04. The monoisotopic (exact) mass is 342 g/mol. The van der Waals surface area contributed by atoms with Crippen molar-refractivity contribution >= 4 is 17.8 Å². The molecule has 0 radical (unpaired) electrons. The predicted octanol–water partition coefficient (Wildman–Crippen LogP) is 0.780. The molecule has 0 aliphatic rings. The molecule has 0 aliphatic heterocycles. The maximum atomic E-state index is 12.3. The first-order chi connectivity index (χ1) is 11.5. The number of esters is 2. The Bertz CT molecular complexity index is 556. The average Bonchev–Trinajstić information content (AvgIpc) is 3.04. The van der Waals surface area contributed by atoms with Crippen LogP contribution in [0.3, 0.4) is 0 Å². The van der Waals surface area contributed by atoms with Crippen molar-refractivity contribution in [2.45, 2.75) is 26.3 Å². The molecule has 24 heavy (non-hydrogen) atoms. The molecule has 0 spiro atoms. The number of methoxy groups -OCH3 is 2. The Kier molecular flexibility index (Phi) is 8.48. The zero-order valence-corrected chi connectivity index (χ0v) is 14.1. The molecule has 9 nitrogen and oxygen atoms in total. The molecular weight excluding hydrogens is 320 g/mol. The number of ether oxygens (including phenoxy) is 3. The van der Waals surface area contributed by atoms with Crippen LogP contribution in [-0.4, -0.2) is 61.7 Å². The molecule has 0 atom stereocenters. The Hall–Kier alpha value is -2.42. The minimum atomic E-state index is -0.623. The van der Waals surface area contributed by atoms with Gasteiger partial charge in [0.15, 0.2) is 5.69 Å². The van der Waals surface area contributed by atoms with Crippen molar-refractivity contribution in [3.63, 3.8) is 0 Å². The molecule has 1 aromatic heterocycles. The van der Waals surface area contributed by atoms with Crippen molar-refractivity contribution in [2.24, 2.45) is 0 Å². The molecule has 1 rings (SSSR count). The first-order valence-corrected chi connectivity index (χ1v) is 7.46. The maximum Gasteiger partial charge on any atom is 0.360 e. The van der Waals surface area contributed by atoms with Crippen LogP contribution >= 0.6 is 0 Å². The van der Waals surface area contributed by atoms with Gasteiger partial charge < -0.3 is 23.5 Å². The lowest BCUT2D eigenvalue weighted by atomic mass is 10.2. The Balaban J connectivity index is 2.66. The van der Waals surface area contributed by atoms with Gasteiger partial charge in [-0.3, -0.25) is 9.59 Å². The highest BCUT2D eigenvalue weighted by molar-refractivity contribution is 5.86. The van der Waals surface area contributed by atoms with Gasteiger partial charge in [-0.15, -0.1) is 0 Å². The van der Waals surface area contributed by atoms with Crippen molar-refractivity contribution in [1.29, 1.82) is 0 Å². The first-order valence-electron chi connectivity index (χ1n) is 7.46. The summed E-state index contributed by atoms with van der Waals surface area (Å²) in [5, 5.41) is 0. The van der Waals surface area contributed by atoms with Crippen LogP contribution in [0.25, 0.3) is 0 Å². The third kappa shape index (κ3) is 6.37. The Morgan fingerprint density at radius 3 is 2.62 bits per heavy atom. The lowest BCUT2D eigenvalue weighted by Crippen LogP contribution is -2.33. The highest BCUT2D eigenvalue weighted by Crippen LogP contribution is 2.09. The van der Waals surface area contributed by atoms with Crippen molar-refractivity contribution in [2.75, 3.05) is 34.0 Å². The molecule has 134 valence electrons. The number of rotatable bonds is 10. The second-order valence-electron chi connectivity index (χ2n) is 4.73. The van der Waals surface area contributed by atoms with Crippen LogP contribution in [0.1, 0.15) is 36.1 Å². The van der Waals surface area contributed by atoms with E-state index in [-0.39, 0.29) is 43.5 Å². The van der Waals surface area contributed by atoms with Crippen LogP contribution in [0, 0.1) is 0 Å². The number of carbonyl (C=O) groups excluding carboxylic acids is 3. The van der Waals surface area contributed by atoms with Crippen LogP contribution in [0.2, 0.25) is 0 Å². The van der Waals surface area contributed by atoms with Crippen LogP contribution in [0.4, 0.5) is 0 Å². The summed E-state index contributed by atoms with van der Waals surface area (Å²) >= 11 is 0. The maximum absolute atomic E-state index is 12.3. The summed E-state index contributed by atoms with van der Waals surface area (Å²) in [4.78, 5) is 40.4. The molecule has 9 heteroatoms. The van der Waals surface area contributed by atoms with E-state index in [1.165, 1.54) is 25.4 Å².